The highest BCUT2D eigenvalue weighted by Gasteiger charge is 2.22. The minimum Gasteiger partial charge on any atom is -0.435 e. The lowest BCUT2D eigenvalue weighted by Gasteiger charge is -2.22. The Morgan fingerprint density at radius 2 is 2.45 bits per heavy atom. The SMILES string of the molecule is CC(=O)OC=CC1CC(=O)N1. The summed E-state index contributed by atoms with van der Waals surface area (Å²) < 4.78 is 4.51. The van der Waals surface area contributed by atoms with Gasteiger partial charge in [-0.3, -0.25) is 9.59 Å². The van der Waals surface area contributed by atoms with E-state index in [4.69, 9.17) is 0 Å². The van der Waals surface area contributed by atoms with E-state index in [1.807, 2.05) is 0 Å². The summed E-state index contributed by atoms with van der Waals surface area (Å²) in [5.74, 6) is -0.325. The summed E-state index contributed by atoms with van der Waals surface area (Å²) >= 11 is 0. The molecule has 0 bridgehead atoms. The fraction of sp³-hybridized carbons (Fsp3) is 0.429. The van der Waals surface area contributed by atoms with Crippen molar-refractivity contribution in [2.45, 2.75) is 19.4 Å². The number of hydrogen-bond donors (Lipinski definition) is 1. The molecule has 4 heteroatoms. The molecule has 0 aromatic carbocycles. The van der Waals surface area contributed by atoms with Gasteiger partial charge in [0.1, 0.15) is 0 Å². The Hall–Kier alpha value is -1.32. The average molecular weight is 155 g/mol. The number of hydrogen-bond acceptors (Lipinski definition) is 3. The number of carbonyl (C=O) groups is 2. The smallest absolute Gasteiger partial charge is 0.307 e. The van der Waals surface area contributed by atoms with Crippen molar-refractivity contribution in [1.29, 1.82) is 0 Å². The molecule has 1 saturated heterocycles. The Bertz CT molecular complexity index is 202. The second-order valence-electron chi connectivity index (χ2n) is 2.32. The largest absolute Gasteiger partial charge is 0.435 e. The van der Waals surface area contributed by atoms with Crippen LogP contribution in [0.5, 0.6) is 0 Å². The van der Waals surface area contributed by atoms with Gasteiger partial charge in [0.25, 0.3) is 0 Å². The fourth-order valence-corrected chi connectivity index (χ4v) is 0.731. The van der Waals surface area contributed by atoms with Gasteiger partial charge in [0.15, 0.2) is 0 Å². The van der Waals surface area contributed by atoms with E-state index in [1.54, 1.807) is 6.08 Å². The molecule has 0 spiro atoms. The lowest BCUT2D eigenvalue weighted by molar-refractivity contribution is -0.135. The number of esters is 1. The van der Waals surface area contributed by atoms with Crippen LogP contribution in [0.25, 0.3) is 0 Å². The van der Waals surface area contributed by atoms with E-state index >= 15 is 0 Å². The summed E-state index contributed by atoms with van der Waals surface area (Å²) in [7, 11) is 0. The molecule has 11 heavy (non-hydrogen) atoms. The molecule has 1 unspecified atom stereocenters. The van der Waals surface area contributed by atoms with E-state index in [-0.39, 0.29) is 17.9 Å². The second-order valence-corrected chi connectivity index (χ2v) is 2.32. The van der Waals surface area contributed by atoms with Crippen molar-refractivity contribution in [3.05, 3.63) is 12.3 Å². The van der Waals surface area contributed by atoms with Crippen LogP contribution in [-0.2, 0) is 14.3 Å². The Morgan fingerprint density at radius 1 is 1.82 bits per heavy atom. The maximum absolute atomic E-state index is 10.4. The fourth-order valence-electron chi connectivity index (χ4n) is 0.731. The number of rotatable bonds is 2. The molecule has 60 valence electrons. The first-order valence-electron chi connectivity index (χ1n) is 3.32. The summed E-state index contributed by atoms with van der Waals surface area (Å²) in [6.07, 6.45) is 3.42. The standard InChI is InChI=1S/C7H9NO3/c1-5(9)11-3-2-6-4-7(10)8-6/h2-3,6H,4H2,1H3,(H,8,10). The number of ether oxygens (including phenoxy) is 1. The highest BCUT2D eigenvalue weighted by atomic mass is 16.5. The third kappa shape index (κ3) is 2.41. The third-order valence-corrected chi connectivity index (χ3v) is 1.30. The number of amides is 1. The normalized spacial score (nSPS) is 22.6. The molecular weight excluding hydrogens is 146 g/mol. The van der Waals surface area contributed by atoms with E-state index in [2.05, 4.69) is 10.1 Å². The zero-order valence-electron chi connectivity index (χ0n) is 6.16. The van der Waals surface area contributed by atoms with Crippen LogP contribution < -0.4 is 5.32 Å². The minimum atomic E-state index is -0.355. The van der Waals surface area contributed by atoms with Gasteiger partial charge >= 0.3 is 5.97 Å². The van der Waals surface area contributed by atoms with Crippen molar-refractivity contribution < 1.29 is 14.3 Å². The third-order valence-electron chi connectivity index (χ3n) is 1.30. The summed E-state index contributed by atoms with van der Waals surface area (Å²) in [6.45, 7) is 1.32. The van der Waals surface area contributed by atoms with E-state index < -0.39 is 0 Å². The maximum atomic E-state index is 10.4. The van der Waals surface area contributed by atoms with E-state index in [1.165, 1.54) is 13.2 Å². The number of nitrogens with one attached hydrogen (secondary N) is 1. The van der Waals surface area contributed by atoms with Crippen molar-refractivity contribution in [1.82, 2.24) is 5.32 Å². The van der Waals surface area contributed by atoms with Gasteiger partial charge in [-0.15, -0.1) is 0 Å². The van der Waals surface area contributed by atoms with Crippen LogP contribution in [0.2, 0.25) is 0 Å². The predicted octanol–water partition coefficient (Wildman–Crippen LogP) is -0.0483. The van der Waals surface area contributed by atoms with Crippen LogP contribution in [0.15, 0.2) is 12.3 Å². The highest BCUT2D eigenvalue weighted by Crippen LogP contribution is 2.04. The maximum Gasteiger partial charge on any atom is 0.307 e. The first kappa shape index (κ1) is 7.78. The average Bonchev–Trinajstić information content (AvgIpc) is 1.83. The molecule has 1 amide bonds. The van der Waals surface area contributed by atoms with Gasteiger partial charge < -0.3 is 10.1 Å². The second kappa shape index (κ2) is 3.18. The summed E-state index contributed by atoms with van der Waals surface area (Å²) in [6, 6.07) is 0.0434. The van der Waals surface area contributed by atoms with Crippen LogP contribution in [0.4, 0.5) is 0 Å². The molecule has 1 aliphatic rings. The Labute approximate surface area is 64.2 Å². The Morgan fingerprint density at radius 3 is 2.91 bits per heavy atom. The Kier molecular flexibility index (Phi) is 2.25. The van der Waals surface area contributed by atoms with Crippen LogP contribution in [0.1, 0.15) is 13.3 Å². The van der Waals surface area contributed by atoms with Crippen molar-refractivity contribution >= 4 is 11.9 Å². The predicted molar refractivity (Wildman–Crippen MR) is 37.5 cm³/mol. The molecule has 1 rings (SSSR count). The molecule has 0 saturated carbocycles. The van der Waals surface area contributed by atoms with E-state index in [9.17, 15) is 9.59 Å². The summed E-state index contributed by atoms with van der Waals surface area (Å²) in [5.41, 5.74) is 0. The van der Waals surface area contributed by atoms with Gasteiger partial charge in [-0.1, -0.05) is 0 Å². The lowest BCUT2D eigenvalue weighted by atomic mass is 10.1. The molecule has 0 radical (unpaired) electrons. The molecule has 1 N–H and O–H groups in total. The topological polar surface area (TPSA) is 55.4 Å². The van der Waals surface area contributed by atoms with E-state index in [0.29, 0.717) is 6.42 Å². The molecule has 1 aliphatic heterocycles. The molecule has 0 aromatic rings. The van der Waals surface area contributed by atoms with Gasteiger partial charge in [0.2, 0.25) is 5.91 Å². The van der Waals surface area contributed by atoms with Gasteiger partial charge in [0, 0.05) is 6.92 Å². The van der Waals surface area contributed by atoms with Crippen molar-refractivity contribution in [2.24, 2.45) is 0 Å². The molecule has 0 aliphatic carbocycles. The monoisotopic (exact) mass is 155 g/mol. The molecule has 1 heterocycles. The first-order chi connectivity index (χ1) is 5.18. The van der Waals surface area contributed by atoms with Crippen LogP contribution in [0.3, 0.4) is 0 Å². The first-order valence-corrected chi connectivity index (χ1v) is 3.32. The van der Waals surface area contributed by atoms with Crippen LogP contribution >= 0.6 is 0 Å². The van der Waals surface area contributed by atoms with Crippen LogP contribution in [-0.4, -0.2) is 17.9 Å². The van der Waals surface area contributed by atoms with Crippen LogP contribution in [0, 0.1) is 0 Å². The molecule has 0 aromatic heterocycles. The summed E-state index contributed by atoms with van der Waals surface area (Å²) in [5, 5.41) is 2.60. The van der Waals surface area contributed by atoms with Gasteiger partial charge in [-0.25, -0.2) is 0 Å². The van der Waals surface area contributed by atoms with Crippen molar-refractivity contribution in [3.63, 3.8) is 0 Å². The molecular formula is C7H9NO3. The zero-order chi connectivity index (χ0) is 8.27. The van der Waals surface area contributed by atoms with Crippen molar-refractivity contribution in [2.75, 3.05) is 0 Å². The van der Waals surface area contributed by atoms with E-state index in [0.717, 1.165) is 0 Å². The molecule has 1 atom stereocenters. The van der Waals surface area contributed by atoms with Crippen molar-refractivity contribution in [3.8, 4) is 0 Å². The number of β-lactam (4-membered cyclic amide) rings is 1. The number of carbonyl (C=O) groups excluding carboxylic acids is 2. The van der Waals surface area contributed by atoms with Gasteiger partial charge in [-0.05, 0) is 6.08 Å². The van der Waals surface area contributed by atoms with Gasteiger partial charge in [-0.2, -0.15) is 0 Å². The Balaban J connectivity index is 2.16. The van der Waals surface area contributed by atoms with Gasteiger partial charge in [0.05, 0.1) is 18.7 Å². The summed E-state index contributed by atoms with van der Waals surface area (Å²) in [4.78, 5) is 20.6. The zero-order valence-corrected chi connectivity index (χ0v) is 6.16. The molecule has 1 fully saturated rings. The highest BCUT2D eigenvalue weighted by molar-refractivity contribution is 5.83. The quantitative estimate of drug-likeness (QED) is 0.345. The molecule has 4 nitrogen and oxygen atoms in total. The lowest BCUT2D eigenvalue weighted by Crippen LogP contribution is -2.47. The minimum absolute atomic E-state index is 0.0301.